The lowest BCUT2D eigenvalue weighted by atomic mass is 9.94. The second-order valence-corrected chi connectivity index (χ2v) is 5.49. The van der Waals surface area contributed by atoms with Gasteiger partial charge in [0.15, 0.2) is 0 Å². The first-order valence-corrected chi connectivity index (χ1v) is 6.96. The largest absolute Gasteiger partial charge is 0.368 e. The first-order chi connectivity index (χ1) is 8.89. The highest BCUT2D eigenvalue weighted by Gasteiger charge is 2.30. The number of imidazole rings is 1. The van der Waals surface area contributed by atoms with Crippen molar-refractivity contribution >= 4 is 5.91 Å². The van der Waals surface area contributed by atoms with Crippen LogP contribution in [0, 0.1) is 0 Å². The topological polar surface area (TPSA) is 72.9 Å². The summed E-state index contributed by atoms with van der Waals surface area (Å²) in [6, 6.07) is 0.233. The number of carbonyl (C=O) groups is 1. The monoisotopic (exact) mass is 266 g/mol. The van der Waals surface area contributed by atoms with Crippen molar-refractivity contribution in [1.82, 2.24) is 14.9 Å². The SMILES string of the molecule is CCc1nccn1CCCC(C)(NC(C)C)C(N)=O. The van der Waals surface area contributed by atoms with Gasteiger partial charge in [-0.05, 0) is 33.6 Å². The molecule has 0 fully saturated rings. The smallest absolute Gasteiger partial charge is 0.237 e. The van der Waals surface area contributed by atoms with E-state index in [2.05, 4.69) is 21.8 Å². The Morgan fingerprint density at radius 2 is 2.26 bits per heavy atom. The van der Waals surface area contributed by atoms with Crippen molar-refractivity contribution in [3.8, 4) is 0 Å². The average molecular weight is 266 g/mol. The van der Waals surface area contributed by atoms with E-state index in [4.69, 9.17) is 5.73 Å². The van der Waals surface area contributed by atoms with Crippen molar-refractivity contribution in [2.24, 2.45) is 5.73 Å². The van der Waals surface area contributed by atoms with Gasteiger partial charge in [0.05, 0.1) is 5.54 Å². The molecule has 0 aliphatic carbocycles. The molecule has 0 aromatic carbocycles. The summed E-state index contributed by atoms with van der Waals surface area (Å²) in [4.78, 5) is 15.9. The minimum Gasteiger partial charge on any atom is -0.368 e. The molecule has 3 N–H and O–H groups in total. The first kappa shape index (κ1) is 15.7. The normalized spacial score (nSPS) is 14.6. The second-order valence-electron chi connectivity index (χ2n) is 5.49. The van der Waals surface area contributed by atoms with Crippen molar-refractivity contribution in [2.45, 2.75) is 65.1 Å². The fraction of sp³-hybridized carbons (Fsp3) is 0.714. The fourth-order valence-corrected chi connectivity index (χ4v) is 2.36. The number of primary amides is 1. The van der Waals surface area contributed by atoms with E-state index in [1.807, 2.05) is 33.2 Å². The molecular formula is C14H26N4O. The van der Waals surface area contributed by atoms with E-state index in [0.29, 0.717) is 0 Å². The zero-order valence-electron chi connectivity index (χ0n) is 12.4. The van der Waals surface area contributed by atoms with Gasteiger partial charge >= 0.3 is 0 Å². The Bertz CT molecular complexity index is 413. The second kappa shape index (κ2) is 6.70. The standard InChI is InChI=1S/C14H26N4O/c1-5-12-16-8-10-18(12)9-6-7-14(4,13(15)19)17-11(2)3/h8,10-11,17H,5-7,9H2,1-4H3,(H2,15,19). The maximum Gasteiger partial charge on any atom is 0.237 e. The van der Waals surface area contributed by atoms with E-state index in [1.54, 1.807) is 0 Å². The lowest BCUT2D eigenvalue weighted by Gasteiger charge is -2.30. The first-order valence-electron chi connectivity index (χ1n) is 6.96. The zero-order valence-corrected chi connectivity index (χ0v) is 12.4. The number of nitrogens with one attached hydrogen (secondary N) is 1. The fourth-order valence-electron chi connectivity index (χ4n) is 2.36. The highest BCUT2D eigenvalue weighted by Crippen LogP contribution is 2.14. The molecule has 19 heavy (non-hydrogen) atoms. The molecule has 0 spiro atoms. The number of aromatic nitrogens is 2. The Kier molecular flexibility index (Phi) is 5.54. The van der Waals surface area contributed by atoms with Gasteiger partial charge in [0.1, 0.15) is 5.82 Å². The Balaban J connectivity index is 2.56. The summed E-state index contributed by atoms with van der Waals surface area (Å²) in [5.41, 5.74) is 4.88. The molecule has 1 aromatic rings. The molecule has 0 radical (unpaired) electrons. The molecule has 0 saturated heterocycles. The molecule has 5 heteroatoms. The van der Waals surface area contributed by atoms with Gasteiger partial charge in [0.25, 0.3) is 0 Å². The van der Waals surface area contributed by atoms with Gasteiger partial charge < -0.3 is 15.6 Å². The van der Waals surface area contributed by atoms with Crippen LogP contribution in [-0.4, -0.2) is 27.0 Å². The van der Waals surface area contributed by atoms with Gasteiger partial charge in [-0.25, -0.2) is 4.98 Å². The van der Waals surface area contributed by atoms with Crippen LogP contribution in [0.2, 0.25) is 0 Å². The van der Waals surface area contributed by atoms with Crippen LogP contribution in [0.5, 0.6) is 0 Å². The molecule has 0 aliphatic heterocycles. The number of nitrogens with two attached hydrogens (primary N) is 1. The van der Waals surface area contributed by atoms with Crippen LogP contribution in [0.4, 0.5) is 0 Å². The number of nitrogens with zero attached hydrogens (tertiary/aromatic N) is 2. The van der Waals surface area contributed by atoms with E-state index >= 15 is 0 Å². The van der Waals surface area contributed by atoms with Crippen LogP contribution < -0.4 is 11.1 Å². The van der Waals surface area contributed by atoms with Crippen LogP contribution in [0.25, 0.3) is 0 Å². The van der Waals surface area contributed by atoms with Crippen molar-refractivity contribution in [2.75, 3.05) is 0 Å². The van der Waals surface area contributed by atoms with Crippen molar-refractivity contribution in [1.29, 1.82) is 0 Å². The summed E-state index contributed by atoms with van der Waals surface area (Å²) >= 11 is 0. The van der Waals surface area contributed by atoms with E-state index < -0.39 is 5.54 Å². The molecule has 5 nitrogen and oxygen atoms in total. The van der Waals surface area contributed by atoms with E-state index in [1.165, 1.54) is 0 Å². The summed E-state index contributed by atoms with van der Waals surface area (Å²) in [5, 5.41) is 3.26. The van der Waals surface area contributed by atoms with Crippen LogP contribution in [0.3, 0.4) is 0 Å². The van der Waals surface area contributed by atoms with Gasteiger partial charge in [0, 0.05) is 31.4 Å². The van der Waals surface area contributed by atoms with Gasteiger partial charge in [-0.1, -0.05) is 6.92 Å². The molecule has 1 rings (SSSR count). The van der Waals surface area contributed by atoms with Gasteiger partial charge in [-0.15, -0.1) is 0 Å². The molecule has 1 atom stereocenters. The number of hydrogen-bond donors (Lipinski definition) is 2. The van der Waals surface area contributed by atoms with Crippen LogP contribution >= 0.6 is 0 Å². The van der Waals surface area contributed by atoms with E-state index in [0.717, 1.165) is 31.6 Å². The highest BCUT2D eigenvalue weighted by atomic mass is 16.1. The van der Waals surface area contributed by atoms with E-state index in [-0.39, 0.29) is 11.9 Å². The Morgan fingerprint density at radius 3 is 2.79 bits per heavy atom. The molecular weight excluding hydrogens is 240 g/mol. The Hall–Kier alpha value is -1.36. The van der Waals surface area contributed by atoms with Crippen molar-refractivity contribution in [3.05, 3.63) is 18.2 Å². The Labute approximate surface area is 115 Å². The third-order valence-corrected chi connectivity index (χ3v) is 3.34. The number of rotatable bonds is 8. The van der Waals surface area contributed by atoms with Crippen LogP contribution in [0.1, 0.15) is 46.4 Å². The van der Waals surface area contributed by atoms with Crippen LogP contribution in [0.15, 0.2) is 12.4 Å². The molecule has 0 bridgehead atoms. The minimum absolute atomic E-state index is 0.233. The average Bonchev–Trinajstić information content (AvgIpc) is 2.75. The zero-order chi connectivity index (χ0) is 14.5. The summed E-state index contributed by atoms with van der Waals surface area (Å²) in [6.07, 6.45) is 6.34. The van der Waals surface area contributed by atoms with Gasteiger partial charge in [0.2, 0.25) is 5.91 Å². The summed E-state index contributed by atoms with van der Waals surface area (Å²) < 4.78 is 2.14. The third kappa shape index (κ3) is 4.35. The summed E-state index contributed by atoms with van der Waals surface area (Å²) in [7, 11) is 0. The molecule has 0 saturated carbocycles. The molecule has 1 unspecified atom stereocenters. The predicted octanol–water partition coefficient (Wildman–Crippen LogP) is 1.47. The van der Waals surface area contributed by atoms with E-state index in [9.17, 15) is 4.79 Å². The lowest BCUT2D eigenvalue weighted by molar-refractivity contribution is -0.124. The number of aryl methyl sites for hydroxylation is 2. The Morgan fingerprint density at radius 1 is 1.58 bits per heavy atom. The number of hydrogen-bond acceptors (Lipinski definition) is 3. The quantitative estimate of drug-likeness (QED) is 0.748. The molecule has 108 valence electrons. The maximum absolute atomic E-state index is 11.6. The molecule has 1 aromatic heterocycles. The van der Waals surface area contributed by atoms with Crippen molar-refractivity contribution in [3.63, 3.8) is 0 Å². The maximum atomic E-state index is 11.6. The number of amides is 1. The minimum atomic E-state index is -0.638. The number of carbonyl (C=O) groups excluding carboxylic acids is 1. The van der Waals surface area contributed by atoms with Crippen molar-refractivity contribution < 1.29 is 4.79 Å². The highest BCUT2D eigenvalue weighted by molar-refractivity contribution is 5.84. The third-order valence-electron chi connectivity index (χ3n) is 3.34. The van der Waals surface area contributed by atoms with Gasteiger partial charge in [-0.2, -0.15) is 0 Å². The molecule has 1 heterocycles. The predicted molar refractivity (Wildman–Crippen MR) is 76.7 cm³/mol. The molecule has 1 amide bonds. The lowest BCUT2D eigenvalue weighted by Crippen LogP contribution is -2.55. The summed E-state index contributed by atoms with van der Waals surface area (Å²) in [6.45, 7) is 8.88. The summed E-state index contributed by atoms with van der Waals surface area (Å²) in [5.74, 6) is 0.792. The van der Waals surface area contributed by atoms with Crippen LogP contribution in [-0.2, 0) is 17.8 Å². The van der Waals surface area contributed by atoms with Gasteiger partial charge in [-0.3, -0.25) is 4.79 Å². The molecule has 0 aliphatic rings.